The Morgan fingerprint density at radius 2 is 1.61 bits per heavy atom. The molecule has 9 atom stereocenters. The maximum Gasteiger partial charge on any atom is 0.316 e. The van der Waals surface area contributed by atoms with Crippen molar-refractivity contribution in [3.8, 4) is 0 Å². The molecule has 0 unspecified atom stereocenters. The Labute approximate surface area is 211 Å². The van der Waals surface area contributed by atoms with E-state index in [1.165, 1.54) is 0 Å². The zero-order valence-corrected chi connectivity index (χ0v) is 21.7. The first-order chi connectivity index (χ1) is 16.6. The Kier molecular flexibility index (Phi) is 4.15. The first-order valence-electron chi connectivity index (χ1n) is 13.8. The number of carbonyl (C=O) groups is 3. The van der Waals surface area contributed by atoms with Crippen LogP contribution < -0.4 is 0 Å². The number of carbonyl (C=O) groups excluding carboxylic acids is 2. The summed E-state index contributed by atoms with van der Waals surface area (Å²) < 4.78 is 5.89. The summed E-state index contributed by atoms with van der Waals surface area (Å²) in [7, 11) is 0. The zero-order chi connectivity index (χ0) is 25.8. The normalized spacial score (nSPS) is 52.9. The van der Waals surface area contributed by atoms with Gasteiger partial charge in [-0.3, -0.25) is 14.4 Å². The van der Waals surface area contributed by atoms with Crippen LogP contribution in [-0.4, -0.2) is 55.8 Å². The number of epoxide rings is 1. The SMILES string of the molecule is CC1(C)C[C@@H]2C[C@@]34O[C@@H]3C(=O)[C@](O)(CCC3=C5[C@@H]6CC(C)(C)C[C@@H]6C[C@@]5(O)CC3=O)[C@@]4(C(=O)O)[C@@H]2C1. The van der Waals surface area contributed by atoms with E-state index in [4.69, 9.17) is 4.74 Å². The van der Waals surface area contributed by atoms with Crippen LogP contribution in [0, 0.1) is 39.9 Å². The van der Waals surface area contributed by atoms with Crippen molar-refractivity contribution in [3.05, 3.63) is 11.1 Å². The predicted molar refractivity (Wildman–Crippen MR) is 128 cm³/mol. The van der Waals surface area contributed by atoms with Crippen molar-refractivity contribution < 1.29 is 34.4 Å². The number of aliphatic carboxylic acids is 1. The first kappa shape index (κ1) is 23.5. The average Bonchev–Trinajstić information content (AvgIpc) is 2.90. The van der Waals surface area contributed by atoms with Crippen LogP contribution in [0.15, 0.2) is 11.1 Å². The third kappa shape index (κ3) is 2.45. The summed E-state index contributed by atoms with van der Waals surface area (Å²) in [6.45, 7) is 8.70. The first-order valence-corrected chi connectivity index (χ1v) is 13.8. The molecule has 0 radical (unpaired) electrons. The highest BCUT2D eigenvalue weighted by atomic mass is 16.6. The second kappa shape index (κ2) is 6.35. The summed E-state index contributed by atoms with van der Waals surface area (Å²) >= 11 is 0. The van der Waals surface area contributed by atoms with Crippen LogP contribution in [0.25, 0.3) is 0 Å². The molecule has 7 nitrogen and oxygen atoms in total. The summed E-state index contributed by atoms with van der Waals surface area (Å²) in [6.07, 6.45) is 3.71. The van der Waals surface area contributed by atoms with Crippen LogP contribution in [0.4, 0.5) is 0 Å². The number of hydrogen-bond acceptors (Lipinski definition) is 6. The van der Waals surface area contributed by atoms with Crippen molar-refractivity contribution in [1.29, 1.82) is 0 Å². The quantitative estimate of drug-likeness (QED) is 0.509. The van der Waals surface area contributed by atoms with E-state index in [9.17, 15) is 29.7 Å². The minimum atomic E-state index is -2.08. The van der Waals surface area contributed by atoms with Crippen LogP contribution in [0.5, 0.6) is 0 Å². The molecule has 3 N–H and O–H groups in total. The highest BCUT2D eigenvalue weighted by Crippen LogP contribution is 2.79. The Hall–Kier alpha value is -1.57. The van der Waals surface area contributed by atoms with Gasteiger partial charge in [-0.25, -0.2) is 0 Å². The van der Waals surface area contributed by atoms with Gasteiger partial charge in [0.1, 0.15) is 22.7 Å². The van der Waals surface area contributed by atoms with Crippen LogP contribution >= 0.6 is 0 Å². The van der Waals surface area contributed by atoms with Gasteiger partial charge >= 0.3 is 5.97 Å². The lowest BCUT2D eigenvalue weighted by Crippen LogP contribution is -2.61. The fourth-order valence-electron chi connectivity index (χ4n) is 11.0. The molecule has 6 aliphatic carbocycles. The number of Topliss-reactive ketones (excluding diaryl/α,β-unsaturated/α-hetero) is 2. The van der Waals surface area contributed by atoms with Gasteiger partial charge in [-0.15, -0.1) is 0 Å². The van der Waals surface area contributed by atoms with Gasteiger partial charge in [0.05, 0.1) is 5.60 Å². The topological polar surface area (TPSA) is 124 Å². The van der Waals surface area contributed by atoms with Crippen LogP contribution in [-0.2, 0) is 19.1 Å². The highest BCUT2D eigenvalue weighted by Gasteiger charge is 2.94. The predicted octanol–water partition coefficient (Wildman–Crippen LogP) is 3.20. The van der Waals surface area contributed by atoms with Gasteiger partial charge in [-0.05, 0) is 97.0 Å². The number of rotatable bonds is 4. The van der Waals surface area contributed by atoms with E-state index in [-0.39, 0.29) is 53.6 Å². The zero-order valence-electron chi connectivity index (χ0n) is 21.7. The van der Waals surface area contributed by atoms with Gasteiger partial charge < -0.3 is 20.1 Å². The molecule has 1 heterocycles. The van der Waals surface area contributed by atoms with Gasteiger partial charge in [-0.1, -0.05) is 27.7 Å². The standard InChI is InChI=1S/C29H38O7/c1-24(2)7-14-9-26(34)13-19(30)16(20(26)17(14)11-24)5-6-27(35)21(31)22-28(36-22)10-15-8-25(3,4)12-18(15)29(27,28)23(32)33/h14-15,17-18,22,34-35H,5-13H2,1-4H3,(H,32,33)/t14-,15-,17-,18-,22-,26-,27-,28-,29+/m1/s1. The molecule has 6 fully saturated rings. The number of hydrogen-bond donors (Lipinski definition) is 3. The summed E-state index contributed by atoms with van der Waals surface area (Å²) in [5.74, 6) is -1.55. The Balaban J connectivity index is 1.28. The number of ether oxygens (including phenoxy) is 1. The summed E-state index contributed by atoms with van der Waals surface area (Å²) in [5.41, 5.74) is -4.56. The van der Waals surface area contributed by atoms with E-state index in [2.05, 4.69) is 27.7 Å². The molecule has 196 valence electrons. The fraction of sp³-hybridized carbons (Fsp3) is 0.828. The molecule has 36 heavy (non-hydrogen) atoms. The van der Waals surface area contributed by atoms with Crippen molar-refractivity contribution in [2.75, 3.05) is 0 Å². The smallest absolute Gasteiger partial charge is 0.316 e. The molecule has 1 saturated heterocycles. The van der Waals surface area contributed by atoms with Crippen molar-refractivity contribution in [1.82, 2.24) is 0 Å². The maximum atomic E-state index is 13.6. The molecule has 5 saturated carbocycles. The average molecular weight is 499 g/mol. The van der Waals surface area contributed by atoms with E-state index >= 15 is 0 Å². The monoisotopic (exact) mass is 498 g/mol. The van der Waals surface area contributed by atoms with E-state index in [1.807, 2.05) is 0 Å². The second-order valence-corrected chi connectivity index (χ2v) is 15.0. The number of fused-ring (bicyclic) bond motifs is 5. The number of aliphatic hydroxyl groups is 2. The molecule has 0 bridgehead atoms. The van der Waals surface area contributed by atoms with Gasteiger partial charge in [0, 0.05) is 6.42 Å². The molecular weight excluding hydrogens is 460 g/mol. The van der Waals surface area contributed by atoms with Crippen LogP contribution in [0.3, 0.4) is 0 Å². The van der Waals surface area contributed by atoms with Crippen molar-refractivity contribution in [2.45, 2.75) is 108 Å². The minimum absolute atomic E-state index is 0.0625. The lowest BCUT2D eigenvalue weighted by Gasteiger charge is -2.44. The lowest BCUT2D eigenvalue weighted by atomic mass is 9.60. The van der Waals surface area contributed by atoms with Gasteiger partial charge in [0.2, 0.25) is 0 Å². The van der Waals surface area contributed by atoms with Crippen LogP contribution in [0.2, 0.25) is 0 Å². The highest BCUT2D eigenvalue weighted by molar-refractivity contribution is 6.07. The lowest BCUT2D eigenvalue weighted by molar-refractivity contribution is -0.191. The second-order valence-electron chi connectivity index (χ2n) is 15.0. The Morgan fingerprint density at radius 1 is 0.944 bits per heavy atom. The molecule has 1 aliphatic heterocycles. The molecule has 0 amide bonds. The number of ketones is 2. The Morgan fingerprint density at radius 3 is 2.31 bits per heavy atom. The minimum Gasteiger partial charge on any atom is -0.481 e. The van der Waals surface area contributed by atoms with E-state index < -0.39 is 40.1 Å². The summed E-state index contributed by atoms with van der Waals surface area (Å²) in [4.78, 5) is 39.9. The van der Waals surface area contributed by atoms with E-state index in [0.29, 0.717) is 30.8 Å². The molecular formula is C29H38O7. The number of carboxylic acid groups (broad SMARTS) is 1. The van der Waals surface area contributed by atoms with Crippen molar-refractivity contribution in [3.63, 3.8) is 0 Å². The van der Waals surface area contributed by atoms with Crippen molar-refractivity contribution >= 4 is 17.5 Å². The van der Waals surface area contributed by atoms with Crippen LogP contribution in [0.1, 0.15) is 85.5 Å². The largest absolute Gasteiger partial charge is 0.481 e. The molecule has 7 heteroatoms. The molecule has 1 spiro atoms. The molecule has 7 rings (SSSR count). The molecule has 0 aromatic carbocycles. The van der Waals surface area contributed by atoms with E-state index in [1.54, 1.807) is 0 Å². The van der Waals surface area contributed by atoms with E-state index in [0.717, 1.165) is 24.8 Å². The third-order valence-corrected chi connectivity index (χ3v) is 11.8. The number of carboxylic acids is 1. The molecule has 0 aromatic rings. The fourth-order valence-corrected chi connectivity index (χ4v) is 11.0. The molecule has 0 aromatic heterocycles. The molecule has 7 aliphatic rings. The Bertz CT molecular complexity index is 1170. The van der Waals surface area contributed by atoms with Gasteiger partial charge in [0.15, 0.2) is 11.6 Å². The summed E-state index contributed by atoms with van der Waals surface area (Å²) in [5, 5.41) is 34.4. The number of allylic oxidation sites excluding steroid dienone is 1. The third-order valence-electron chi connectivity index (χ3n) is 11.8. The maximum absolute atomic E-state index is 13.6. The summed E-state index contributed by atoms with van der Waals surface area (Å²) in [6, 6.07) is 0. The van der Waals surface area contributed by atoms with Gasteiger partial charge in [-0.2, -0.15) is 0 Å². The van der Waals surface area contributed by atoms with Gasteiger partial charge in [0.25, 0.3) is 0 Å². The van der Waals surface area contributed by atoms with Crippen molar-refractivity contribution in [2.24, 2.45) is 39.9 Å².